The predicted octanol–water partition coefficient (Wildman–Crippen LogP) is 2.74. The number of aliphatic imine (C=N–C) groups is 1. The first-order valence-electron chi connectivity index (χ1n) is 5.70. The molecule has 3 heteroatoms. The van der Waals surface area contributed by atoms with E-state index in [4.69, 9.17) is 0 Å². The highest BCUT2D eigenvalue weighted by Gasteiger charge is 2.24. The molecule has 0 aliphatic heterocycles. The Balaban J connectivity index is 5.11. The molecule has 0 saturated carbocycles. The zero-order valence-corrected chi connectivity index (χ0v) is 11.0. The molecule has 0 fully saturated rings. The SMILES string of the molecule is C/C=N\C(CC(C)(CC)CO)=C(/C)C(C)=O. The average molecular weight is 225 g/mol. The van der Waals surface area contributed by atoms with Crippen LogP contribution in [0.5, 0.6) is 0 Å². The van der Waals surface area contributed by atoms with Gasteiger partial charge in [0.05, 0.1) is 0 Å². The summed E-state index contributed by atoms with van der Waals surface area (Å²) in [5.74, 6) is 0.0389. The molecule has 0 amide bonds. The number of aliphatic hydroxyl groups excluding tert-OH is 1. The van der Waals surface area contributed by atoms with Crippen LogP contribution in [0.3, 0.4) is 0 Å². The Morgan fingerprint density at radius 3 is 2.31 bits per heavy atom. The van der Waals surface area contributed by atoms with E-state index in [0.717, 1.165) is 12.1 Å². The Morgan fingerprint density at radius 1 is 1.44 bits per heavy atom. The monoisotopic (exact) mass is 225 g/mol. The van der Waals surface area contributed by atoms with Crippen molar-refractivity contribution in [2.24, 2.45) is 10.4 Å². The van der Waals surface area contributed by atoms with Crippen LogP contribution in [0.25, 0.3) is 0 Å². The largest absolute Gasteiger partial charge is 0.396 e. The smallest absolute Gasteiger partial charge is 0.157 e. The Labute approximate surface area is 98.3 Å². The molecular weight excluding hydrogens is 202 g/mol. The van der Waals surface area contributed by atoms with E-state index < -0.39 is 0 Å². The fraction of sp³-hybridized carbons (Fsp3) is 0.692. The molecule has 0 aromatic carbocycles. The van der Waals surface area contributed by atoms with Gasteiger partial charge in [0.2, 0.25) is 0 Å². The lowest BCUT2D eigenvalue weighted by atomic mass is 9.82. The number of nitrogens with zero attached hydrogens (tertiary/aromatic N) is 1. The van der Waals surface area contributed by atoms with E-state index in [1.54, 1.807) is 20.1 Å². The van der Waals surface area contributed by atoms with Crippen molar-refractivity contribution in [1.29, 1.82) is 0 Å². The first kappa shape index (κ1) is 15.0. The van der Waals surface area contributed by atoms with E-state index in [1.165, 1.54) is 0 Å². The number of hydrogen-bond acceptors (Lipinski definition) is 3. The van der Waals surface area contributed by atoms with Gasteiger partial charge in [-0.25, -0.2) is 0 Å². The maximum absolute atomic E-state index is 11.3. The van der Waals surface area contributed by atoms with E-state index in [-0.39, 0.29) is 17.8 Å². The molecule has 0 aromatic rings. The normalized spacial score (nSPS) is 17.1. The van der Waals surface area contributed by atoms with E-state index in [0.29, 0.717) is 12.0 Å². The van der Waals surface area contributed by atoms with Crippen LogP contribution < -0.4 is 0 Å². The van der Waals surface area contributed by atoms with Gasteiger partial charge in [-0.05, 0) is 39.0 Å². The molecule has 0 aromatic heterocycles. The summed E-state index contributed by atoms with van der Waals surface area (Å²) in [4.78, 5) is 15.6. The van der Waals surface area contributed by atoms with Gasteiger partial charge in [0.15, 0.2) is 5.78 Å². The van der Waals surface area contributed by atoms with Gasteiger partial charge in [-0.3, -0.25) is 9.79 Å². The molecule has 0 heterocycles. The molecule has 0 saturated heterocycles. The minimum atomic E-state index is -0.196. The Morgan fingerprint density at radius 2 is 2.00 bits per heavy atom. The fourth-order valence-electron chi connectivity index (χ4n) is 1.33. The third-order valence-corrected chi connectivity index (χ3v) is 3.08. The maximum Gasteiger partial charge on any atom is 0.157 e. The van der Waals surface area contributed by atoms with Crippen molar-refractivity contribution in [3.63, 3.8) is 0 Å². The van der Waals surface area contributed by atoms with Gasteiger partial charge >= 0.3 is 0 Å². The average Bonchev–Trinajstić information content (AvgIpc) is 2.27. The predicted molar refractivity (Wildman–Crippen MR) is 67.6 cm³/mol. The van der Waals surface area contributed by atoms with Gasteiger partial charge in [-0.1, -0.05) is 13.8 Å². The number of hydrogen-bond donors (Lipinski definition) is 1. The molecule has 0 spiro atoms. The first-order chi connectivity index (χ1) is 7.40. The molecule has 0 rings (SSSR count). The van der Waals surface area contributed by atoms with E-state index in [2.05, 4.69) is 4.99 Å². The third kappa shape index (κ3) is 4.27. The first-order valence-corrected chi connectivity index (χ1v) is 5.70. The van der Waals surface area contributed by atoms with Gasteiger partial charge in [0.1, 0.15) is 0 Å². The summed E-state index contributed by atoms with van der Waals surface area (Å²) in [5.41, 5.74) is 1.28. The van der Waals surface area contributed by atoms with Crippen LogP contribution in [0.1, 0.15) is 47.5 Å². The molecule has 16 heavy (non-hydrogen) atoms. The minimum Gasteiger partial charge on any atom is -0.396 e. The lowest BCUT2D eigenvalue weighted by Crippen LogP contribution is -2.21. The number of carbonyl (C=O) groups is 1. The zero-order chi connectivity index (χ0) is 12.8. The van der Waals surface area contributed by atoms with Crippen LogP contribution >= 0.6 is 0 Å². The van der Waals surface area contributed by atoms with Crippen LogP contribution in [0.4, 0.5) is 0 Å². The fourth-order valence-corrected chi connectivity index (χ4v) is 1.33. The minimum absolute atomic E-state index is 0.0389. The molecule has 92 valence electrons. The molecule has 1 atom stereocenters. The Hall–Kier alpha value is -0.960. The summed E-state index contributed by atoms with van der Waals surface area (Å²) in [6.07, 6.45) is 3.18. The van der Waals surface area contributed by atoms with Crippen LogP contribution in [0.2, 0.25) is 0 Å². The number of aliphatic hydroxyl groups is 1. The van der Waals surface area contributed by atoms with Crippen molar-refractivity contribution in [2.45, 2.75) is 47.5 Å². The Bertz CT molecular complexity index is 299. The highest BCUT2D eigenvalue weighted by molar-refractivity contribution is 5.93. The van der Waals surface area contributed by atoms with Gasteiger partial charge in [-0.15, -0.1) is 0 Å². The van der Waals surface area contributed by atoms with E-state index in [1.807, 2.05) is 20.8 Å². The standard InChI is InChI=1S/C13H23NO2/c1-6-13(5,9-15)8-12(14-7-2)10(3)11(4)16/h7,15H,6,8-9H2,1-5H3/b12-10+,14-7-. The topological polar surface area (TPSA) is 49.7 Å². The van der Waals surface area contributed by atoms with Crippen molar-refractivity contribution in [3.8, 4) is 0 Å². The second kappa shape index (κ2) is 6.59. The number of ketones is 1. The van der Waals surface area contributed by atoms with E-state index >= 15 is 0 Å². The van der Waals surface area contributed by atoms with Crippen molar-refractivity contribution >= 4 is 12.0 Å². The molecule has 1 N–H and O–H groups in total. The van der Waals surface area contributed by atoms with Crippen LogP contribution in [-0.2, 0) is 4.79 Å². The van der Waals surface area contributed by atoms with Gasteiger partial charge in [-0.2, -0.15) is 0 Å². The highest BCUT2D eigenvalue weighted by atomic mass is 16.3. The van der Waals surface area contributed by atoms with Crippen LogP contribution in [0.15, 0.2) is 16.3 Å². The third-order valence-electron chi connectivity index (χ3n) is 3.08. The number of Topliss-reactive ketones (excluding diaryl/α,β-unsaturated/α-hetero) is 1. The number of carbonyl (C=O) groups excluding carboxylic acids is 1. The summed E-state index contributed by atoms with van der Waals surface area (Å²) in [6, 6.07) is 0. The summed E-state index contributed by atoms with van der Waals surface area (Å²) in [7, 11) is 0. The van der Waals surface area contributed by atoms with Gasteiger partial charge < -0.3 is 5.11 Å². The highest BCUT2D eigenvalue weighted by Crippen LogP contribution is 2.30. The van der Waals surface area contributed by atoms with Gasteiger partial charge in [0, 0.05) is 24.1 Å². The van der Waals surface area contributed by atoms with Crippen LogP contribution in [0, 0.1) is 5.41 Å². The van der Waals surface area contributed by atoms with Crippen molar-refractivity contribution < 1.29 is 9.90 Å². The van der Waals surface area contributed by atoms with Gasteiger partial charge in [0.25, 0.3) is 0 Å². The molecule has 0 aliphatic rings. The number of rotatable bonds is 6. The molecule has 3 nitrogen and oxygen atoms in total. The molecule has 0 radical (unpaired) electrons. The van der Waals surface area contributed by atoms with E-state index in [9.17, 15) is 9.90 Å². The van der Waals surface area contributed by atoms with Crippen molar-refractivity contribution in [3.05, 3.63) is 11.3 Å². The summed E-state index contributed by atoms with van der Waals surface area (Å²) < 4.78 is 0. The van der Waals surface area contributed by atoms with Crippen LogP contribution in [-0.4, -0.2) is 23.7 Å². The lowest BCUT2D eigenvalue weighted by Gasteiger charge is -2.26. The second-order valence-electron chi connectivity index (χ2n) is 4.51. The molecule has 0 aliphatic carbocycles. The summed E-state index contributed by atoms with van der Waals surface area (Å²) in [6.45, 7) is 9.31. The quantitative estimate of drug-likeness (QED) is 0.558. The Kier molecular flexibility index (Phi) is 6.19. The van der Waals surface area contributed by atoms with Crippen molar-refractivity contribution in [2.75, 3.05) is 6.61 Å². The second-order valence-corrected chi connectivity index (χ2v) is 4.51. The lowest BCUT2D eigenvalue weighted by molar-refractivity contribution is -0.113. The molecular formula is C13H23NO2. The summed E-state index contributed by atoms with van der Waals surface area (Å²) in [5, 5.41) is 9.36. The maximum atomic E-state index is 11.3. The molecule has 0 bridgehead atoms. The zero-order valence-electron chi connectivity index (χ0n) is 11.0. The molecule has 1 unspecified atom stereocenters. The van der Waals surface area contributed by atoms with Crippen molar-refractivity contribution in [1.82, 2.24) is 0 Å². The number of allylic oxidation sites excluding steroid dienone is 2. The summed E-state index contributed by atoms with van der Waals surface area (Å²) >= 11 is 0.